The van der Waals surface area contributed by atoms with E-state index in [0.717, 1.165) is 22.4 Å². The van der Waals surface area contributed by atoms with Crippen molar-refractivity contribution in [2.75, 3.05) is 16.8 Å². The number of carbonyl (C=O) groups excluding carboxylic acids is 2. The van der Waals surface area contributed by atoms with Gasteiger partial charge in [0.05, 0.1) is 17.4 Å². The molecule has 168 valence electrons. The number of amides is 1. The summed E-state index contributed by atoms with van der Waals surface area (Å²) in [4.78, 5) is 30.9. The topological polar surface area (TPSA) is 76.5 Å². The molecule has 0 radical (unpaired) electrons. The van der Waals surface area contributed by atoms with E-state index in [4.69, 9.17) is 4.74 Å². The van der Waals surface area contributed by atoms with Gasteiger partial charge in [-0.3, -0.25) is 9.59 Å². The first-order chi connectivity index (χ1) is 16.0. The van der Waals surface area contributed by atoms with Gasteiger partial charge in [-0.15, -0.1) is 0 Å². The highest BCUT2D eigenvalue weighted by Gasteiger charge is 2.14. The zero-order chi connectivity index (χ0) is 23.2. The standard InChI is InChI=1S/C26H26N4O3/c1-19(2)30(21-8-4-3-5-9-21)22-14-12-20(13-15-22)28-25(31)17-33-26(32)16-29-18-27-23-10-6-7-11-24(23)29/h3-15,18-19H,16-17H2,1-2H3,(H,28,31). The van der Waals surface area contributed by atoms with Crippen molar-refractivity contribution in [1.82, 2.24) is 9.55 Å². The number of anilines is 3. The van der Waals surface area contributed by atoms with Crippen molar-refractivity contribution in [1.29, 1.82) is 0 Å². The molecule has 1 amide bonds. The third-order valence-corrected chi connectivity index (χ3v) is 5.17. The lowest BCUT2D eigenvalue weighted by Crippen LogP contribution is -2.25. The molecule has 4 aromatic rings. The van der Waals surface area contributed by atoms with Crippen LogP contribution in [-0.2, 0) is 20.9 Å². The number of rotatable bonds is 8. The van der Waals surface area contributed by atoms with E-state index in [0.29, 0.717) is 5.69 Å². The van der Waals surface area contributed by atoms with Crippen LogP contribution in [0.25, 0.3) is 11.0 Å². The molecule has 0 atom stereocenters. The number of esters is 1. The number of carbonyl (C=O) groups is 2. The molecule has 1 aromatic heterocycles. The maximum absolute atomic E-state index is 12.3. The Morgan fingerprint density at radius 1 is 0.939 bits per heavy atom. The van der Waals surface area contributed by atoms with Gasteiger partial charge < -0.3 is 19.5 Å². The van der Waals surface area contributed by atoms with Crippen LogP contribution in [0.15, 0.2) is 85.2 Å². The number of hydrogen-bond acceptors (Lipinski definition) is 5. The number of hydrogen-bond donors (Lipinski definition) is 1. The fourth-order valence-corrected chi connectivity index (χ4v) is 3.70. The molecule has 3 aromatic carbocycles. The van der Waals surface area contributed by atoms with Crippen molar-refractivity contribution >= 4 is 40.0 Å². The number of fused-ring (bicyclic) bond motifs is 1. The van der Waals surface area contributed by atoms with Gasteiger partial charge in [0.15, 0.2) is 6.61 Å². The summed E-state index contributed by atoms with van der Waals surface area (Å²) in [6, 6.07) is 25.5. The first-order valence-electron chi connectivity index (χ1n) is 10.8. The molecule has 33 heavy (non-hydrogen) atoms. The third-order valence-electron chi connectivity index (χ3n) is 5.17. The normalized spacial score (nSPS) is 10.9. The van der Waals surface area contributed by atoms with E-state index in [-0.39, 0.29) is 19.2 Å². The van der Waals surface area contributed by atoms with E-state index in [1.165, 1.54) is 0 Å². The van der Waals surface area contributed by atoms with E-state index in [1.54, 1.807) is 10.9 Å². The Bertz CT molecular complexity index is 1230. The molecule has 0 saturated carbocycles. The van der Waals surface area contributed by atoms with Gasteiger partial charge in [0.25, 0.3) is 5.91 Å². The van der Waals surface area contributed by atoms with Crippen LogP contribution in [0.3, 0.4) is 0 Å². The molecule has 7 nitrogen and oxygen atoms in total. The van der Waals surface area contributed by atoms with Crippen LogP contribution >= 0.6 is 0 Å². The van der Waals surface area contributed by atoms with E-state index in [2.05, 4.69) is 41.2 Å². The maximum atomic E-state index is 12.3. The number of aromatic nitrogens is 2. The SMILES string of the molecule is CC(C)N(c1ccccc1)c1ccc(NC(=O)COC(=O)Cn2cnc3ccccc32)cc1. The van der Waals surface area contributed by atoms with Gasteiger partial charge in [0, 0.05) is 23.1 Å². The van der Waals surface area contributed by atoms with Crippen molar-refractivity contribution in [2.24, 2.45) is 0 Å². The highest BCUT2D eigenvalue weighted by atomic mass is 16.5. The molecular weight excluding hydrogens is 416 g/mol. The molecule has 0 fully saturated rings. The summed E-state index contributed by atoms with van der Waals surface area (Å²) in [5.74, 6) is -0.894. The second-order valence-electron chi connectivity index (χ2n) is 7.92. The van der Waals surface area contributed by atoms with Crippen LogP contribution in [0.4, 0.5) is 17.1 Å². The lowest BCUT2D eigenvalue weighted by molar-refractivity contribution is -0.147. The zero-order valence-electron chi connectivity index (χ0n) is 18.6. The highest BCUT2D eigenvalue weighted by molar-refractivity contribution is 5.93. The smallest absolute Gasteiger partial charge is 0.326 e. The molecule has 0 aliphatic carbocycles. The van der Waals surface area contributed by atoms with Crippen LogP contribution < -0.4 is 10.2 Å². The first kappa shape index (κ1) is 22.1. The number of para-hydroxylation sites is 3. The van der Waals surface area contributed by atoms with Crippen molar-refractivity contribution in [3.63, 3.8) is 0 Å². The van der Waals surface area contributed by atoms with Crippen molar-refractivity contribution in [2.45, 2.75) is 26.4 Å². The van der Waals surface area contributed by atoms with Crippen molar-refractivity contribution in [3.8, 4) is 0 Å². The van der Waals surface area contributed by atoms with Gasteiger partial charge in [-0.25, -0.2) is 4.98 Å². The quantitative estimate of drug-likeness (QED) is 0.398. The maximum Gasteiger partial charge on any atom is 0.326 e. The summed E-state index contributed by atoms with van der Waals surface area (Å²) in [5, 5.41) is 2.77. The fraction of sp³-hybridized carbons (Fsp3) is 0.192. The summed E-state index contributed by atoms with van der Waals surface area (Å²) in [5.41, 5.74) is 4.40. The van der Waals surface area contributed by atoms with Gasteiger partial charge in [-0.1, -0.05) is 30.3 Å². The summed E-state index contributed by atoms with van der Waals surface area (Å²) < 4.78 is 6.84. The molecule has 0 spiro atoms. The lowest BCUT2D eigenvalue weighted by Gasteiger charge is -2.29. The second-order valence-corrected chi connectivity index (χ2v) is 7.92. The summed E-state index contributed by atoms with van der Waals surface area (Å²) in [6.45, 7) is 3.90. The minimum Gasteiger partial charge on any atom is -0.454 e. The molecular formula is C26H26N4O3. The van der Waals surface area contributed by atoms with Gasteiger partial charge in [0.2, 0.25) is 0 Å². The molecule has 0 bridgehead atoms. The lowest BCUT2D eigenvalue weighted by atomic mass is 10.2. The largest absolute Gasteiger partial charge is 0.454 e. The van der Waals surface area contributed by atoms with Crippen molar-refractivity contribution in [3.05, 3.63) is 85.2 Å². The molecule has 0 aliphatic heterocycles. The molecule has 0 saturated heterocycles. The molecule has 0 aliphatic rings. The predicted octanol–water partition coefficient (Wildman–Crippen LogP) is 4.76. The first-order valence-corrected chi connectivity index (χ1v) is 10.8. The van der Waals surface area contributed by atoms with E-state index >= 15 is 0 Å². The molecule has 4 rings (SSSR count). The molecule has 0 unspecified atom stereocenters. The highest BCUT2D eigenvalue weighted by Crippen LogP contribution is 2.28. The monoisotopic (exact) mass is 442 g/mol. The van der Waals surface area contributed by atoms with Gasteiger partial charge >= 0.3 is 5.97 Å². The number of nitrogens with one attached hydrogen (secondary N) is 1. The Morgan fingerprint density at radius 3 is 2.33 bits per heavy atom. The van der Waals surface area contributed by atoms with Crippen LogP contribution in [0, 0.1) is 0 Å². The Kier molecular flexibility index (Phi) is 6.69. The van der Waals surface area contributed by atoms with E-state index in [1.807, 2.05) is 66.7 Å². The van der Waals surface area contributed by atoms with Crippen LogP contribution in [0.5, 0.6) is 0 Å². The summed E-state index contributed by atoms with van der Waals surface area (Å²) >= 11 is 0. The third kappa shape index (κ3) is 5.38. The molecule has 7 heteroatoms. The Morgan fingerprint density at radius 2 is 1.61 bits per heavy atom. The second kappa shape index (κ2) is 9.99. The number of benzene rings is 3. The molecule has 1 N–H and O–H groups in total. The van der Waals surface area contributed by atoms with Crippen molar-refractivity contribution < 1.29 is 14.3 Å². The summed E-state index contributed by atoms with van der Waals surface area (Å²) in [6.07, 6.45) is 1.59. The average molecular weight is 443 g/mol. The minimum atomic E-state index is -0.501. The van der Waals surface area contributed by atoms with Crippen LogP contribution in [0.1, 0.15) is 13.8 Å². The molecule has 1 heterocycles. The van der Waals surface area contributed by atoms with Gasteiger partial charge in [0.1, 0.15) is 6.54 Å². The average Bonchev–Trinajstić information content (AvgIpc) is 3.22. The number of imidazole rings is 1. The number of nitrogens with zero attached hydrogens (tertiary/aromatic N) is 3. The van der Waals surface area contributed by atoms with E-state index in [9.17, 15) is 9.59 Å². The Balaban J connectivity index is 1.31. The Labute approximate surface area is 192 Å². The van der Waals surface area contributed by atoms with Crippen LogP contribution in [-0.4, -0.2) is 34.1 Å². The summed E-state index contributed by atoms with van der Waals surface area (Å²) in [7, 11) is 0. The van der Waals surface area contributed by atoms with E-state index < -0.39 is 11.9 Å². The number of ether oxygens (including phenoxy) is 1. The predicted molar refractivity (Wildman–Crippen MR) is 129 cm³/mol. The Hall–Kier alpha value is -4.13. The minimum absolute atomic E-state index is 0.00693. The van der Waals surface area contributed by atoms with Gasteiger partial charge in [-0.05, 0) is 62.4 Å². The zero-order valence-corrected chi connectivity index (χ0v) is 18.6. The van der Waals surface area contributed by atoms with Crippen LogP contribution in [0.2, 0.25) is 0 Å². The fourth-order valence-electron chi connectivity index (χ4n) is 3.70. The van der Waals surface area contributed by atoms with Gasteiger partial charge in [-0.2, -0.15) is 0 Å².